The Hall–Kier alpha value is -4.59. The molecule has 1 heterocycles. The first kappa shape index (κ1) is 23.6. The van der Waals surface area contributed by atoms with Gasteiger partial charge in [-0.2, -0.15) is 5.10 Å². The summed E-state index contributed by atoms with van der Waals surface area (Å²) in [6, 6.07) is 27.0. The van der Waals surface area contributed by atoms with E-state index in [4.69, 9.17) is 14.2 Å². The quantitative estimate of drug-likeness (QED) is 0.377. The lowest BCUT2D eigenvalue weighted by atomic mass is 10.1. The molecule has 3 aromatic carbocycles. The van der Waals surface area contributed by atoms with Crippen molar-refractivity contribution in [2.45, 2.75) is 6.54 Å². The lowest BCUT2D eigenvalue weighted by molar-refractivity contribution is -0.123. The predicted octanol–water partition coefficient (Wildman–Crippen LogP) is 3.91. The van der Waals surface area contributed by atoms with Crippen LogP contribution in [-0.4, -0.2) is 35.9 Å². The molecule has 0 aliphatic carbocycles. The van der Waals surface area contributed by atoms with Crippen molar-refractivity contribution in [3.63, 3.8) is 0 Å². The summed E-state index contributed by atoms with van der Waals surface area (Å²) >= 11 is 0. The van der Waals surface area contributed by atoms with E-state index in [0.717, 1.165) is 17.1 Å². The van der Waals surface area contributed by atoms with Gasteiger partial charge in [0, 0.05) is 18.2 Å². The van der Waals surface area contributed by atoms with Crippen molar-refractivity contribution in [1.29, 1.82) is 0 Å². The summed E-state index contributed by atoms with van der Waals surface area (Å²) in [5.74, 6) is 2.40. The minimum absolute atomic E-state index is 0.146. The molecule has 0 spiro atoms. The molecule has 0 bridgehead atoms. The lowest BCUT2D eigenvalue weighted by Gasteiger charge is -2.10. The molecule has 8 nitrogen and oxygen atoms in total. The maximum atomic E-state index is 12.2. The van der Waals surface area contributed by atoms with Gasteiger partial charge in [-0.15, -0.1) is 0 Å². The molecule has 35 heavy (non-hydrogen) atoms. The molecule has 0 aliphatic rings. The van der Waals surface area contributed by atoms with Crippen molar-refractivity contribution >= 4 is 5.91 Å². The molecule has 0 fully saturated rings. The number of carbonyl (C=O) groups excluding carboxylic acids is 1. The van der Waals surface area contributed by atoms with Crippen molar-refractivity contribution in [3.05, 3.63) is 101 Å². The van der Waals surface area contributed by atoms with E-state index in [1.807, 2.05) is 54.6 Å². The molecular formula is C27H25N3O5. The van der Waals surface area contributed by atoms with Crippen LogP contribution in [0.15, 0.2) is 95.8 Å². The predicted molar refractivity (Wildman–Crippen MR) is 132 cm³/mol. The fourth-order valence-electron chi connectivity index (χ4n) is 3.25. The number of nitrogens with one attached hydrogen (secondary N) is 1. The van der Waals surface area contributed by atoms with Gasteiger partial charge in [0.05, 0.1) is 19.3 Å². The molecular weight excluding hydrogens is 446 g/mol. The van der Waals surface area contributed by atoms with Crippen LogP contribution in [0.4, 0.5) is 0 Å². The van der Waals surface area contributed by atoms with E-state index in [1.165, 1.54) is 10.7 Å². The molecule has 4 aromatic rings. The Balaban J connectivity index is 1.24. The van der Waals surface area contributed by atoms with Gasteiger partial charge in [-0.25, -0.2) is 4.68 Å². The van der Waals surface area contributed by atoms with E-state index in [-0.39, 0.29) is 31.2 Å². The topological polar surface area (TPSA) is 91.7 Å². The van der Waals surface area contributed by atoms with E-state index in [0.29, 0.717) is 17.2 Å². The molecule has 0 radical (unpaired) electrons. The van der Waals surface area contributed by atoms with Crippen LogP contribution in [0.1, 0.15) is 0 Å². The van der Waals surface area contributed by atoms with Crippen LogP contribution >= 0.6 is 0 Å². The summed E-state index contributed by atoms with van der Waals surface area (Å²) in [6.45, 7) is 0.332. The minimum atomic E-state index is -0.297. The van der Waals surface area contributed by atoms with Gasteiger partial charge in [-0.3, -0.25) is 9.59 Å². The zero-order valence-electron chi connectivity index (χ0n) is 19.2. The summed E-state index contributed by atoms with van der Waals surface area (Å²) in [4.78, 5) is 24.3. The van der Waals surface area contributed by atoms with Crippen LogP contribution < -0.4 is 25.1 Å². The summed E-state index contributed by atoms with van der Waals surface area (Å²) < 4.78 is 17.8. The number of hydrogen-bond acceptors (Lipinski definition) is 6. The number of hydrogen-bond donors (Lipinski definition) is 1. The van der Waals surface area contributed by atoms with Gasteiger partial charge in [-0.05, 0) is 66.7 Å². The summed E-state index contributed by atoms with van der Waals surface area (Å²) in [6.07, 6.45) is 0. The number of aromatic nitrogens is 2. The standard InChI is InChI=1S/C27H25N3O5/c1-33-21-9-7-20(8-10-21)25-15-16-27(32)30(29-25)18-17-28-26(31)19-34-22-11-13-24(14-12-22)35-23-5-3-2-4-6-23/h2-16H,17-19H2,1H3,(H,28,31). The highest BCUT2D eigenvalue weighted by Crippen LogP contribution is 2.23. The molecule has 0 saturated carbocycles. The van der Waals surface area contributed by atoms with Gasteiger partial charge in [0.15, 0.2) is 6.61 Å². The SMILES string of the molecule is COc1ccc(-c2ccc(=O)n(CCNC(=O)COc3ccc(Oc4ccccc4)cc3)n2)cc1. The molecule has 8 heteroatoms. The smallest absolute Gasteiger partial charge is 0.266 e. The van der Waals surface area contributed by atoms with Crippen LogP contribution in [0, 0.1) is 0 Å². The second-order valence-electron chi connectivity index (χ2n) is 7.53. The van der Waals surface area contributed by atoms with Gasteiger partial charge >= 0.3 is 0 Å². The molecule has 1 N–H and O–H groups in total. The van der Waals surface area contributed by atoms with Crippen LogP contribution in [-0.2, 0) is 11.3 Å². The molecule has 0 saturated heterocycles. The van der Waals surface area contributed by atoms with Crippen LogP contribution in [0.5, 0.6) is 23.0 Å². The second-order valence-corrected chi connectivity index (χ2v) is 7.53. The Kier molecular flexibility index (Phi) is 7.75. The van der Waals surface area contributed by atoms with Gasteiger partial charge < -0.3 is 19.5 Å². The zero-order chi connectivity index (χ0) is 24.5. The fraction of sp³-hybridized carbons (Fsp3) is 0.148. The first-order valence-corrected chi connectivity index (χ1v) is 11.1. The summed E-state index contributed by atoms with van der Waals surface area (Å²) in [5.41, 5.74) is 1.27. The Labute approximate surface area is 202 Å². The molecule has 178 valence electrons. The Morgan fingerprint density at radius 1 is 0.829 bits per heavy atom. The van der Waals surface area contributed by atoms with Gasteiger partial charge in [-0.1, -0.05) is 18.2 Å². The van der Waals surface area contributed by atoms with E-state index in [2.05, 4.69) is 10.4 Å². The number of para-hydroxylation sites is 1. The van der Waals surface area contributed by atoms with Gasteiger partial charge in [0.25, 0.3) is 11.5 Å². The zero-order valence-corrected chi connectivity index (χ0v) is 19.2. The van der Waals surface area contributed by atoms with Crippen molar-refractivity contribution < 1.29 is 19.0 Å². The van der Waals surface area contributed by atoms with E-state index in [1.54, 1.807) is 37.4 Å². The molecule has 4 rings (SSSR count). The number of ether oxygens (including phenoxy) is 3. The van der Waals surface area contributed by atoms with Crippen molar-refractivity contribution in [1.82, 2.24) is 15.1 Å². The molecule has 0 atom stereocenters. The largest absolute Gasteiger partial charge is 0.497 e. The molecule has 0 aliphatic heterocycles. The summed E-state index contributed by atoms with van der Waals surface area (Å²) in [5, 5.41) is 7.14. The van der Waals surface area contributed by atoms with Gasteiger partial charge in [0.2, 0.25) is 0 Å². The second kappa shape index (κ2) is 11.5. The van der Waals surface area contributed by atoms with E-state index >= 15 is 0 Å². The van der Waals surface area contributed by atoms with Crippen LogP contribution in [0.2, 0.25) is 0 Å². The summed E-state index contributed by atoms with van der Waals surface area (Å²) in [7, 11) is 1.60. The first-order valence-electron chi connectivity index (χ1n) is 11.1. The average Bonchev–Trinajstić information content (AvgIpc) is 2.90. The number of benzene rings is 3. The van der Waals surface area contributed by atoms with Gasteiger partial charge in [0.1, 0.15) is 23.0 Å². The number of carbonyl (C=O) groups is 1. The van der Waals surface area contributed by atoms with E-state index in [9.17, 15) is 9.59 Å². The fourth-order valence-corrected chi connectivity index (χ4v) is 3.25. The molecule has 1 aromatic heterocycles. The van der Waals surface area contributed by atoms with Crippen molar-refractivity contribution in [2.75, 3.05) is 20.3 Å². The number of methoxy groups -OCH3 is 1. The maximum Gasteiger partial charge on any atom is 0.266 e. The number of rotatable bonds is 10. The Morgan fingerprint density at radius 2 is 1.49 bits per heavy atom. The highest BCUT2D eigenvalue weighted by molar-refractivity contribution is 5.77. The minimum Gasteiger partial charge on any atom is -0.497 e. The Morgan fingerprint density at radius 3 is 2.20 bits per heavy atom. The average molecular weight is 472 g/mol. The maximum absolute atomic E-state index is 12.2. The van der Waals surface area contributed by atoms with E-state index < -0.39 is 0 Å². The van der Waals surface area contributed by atoms with Crippen LogP contribution in [0.3, 0.4) is 0 Å². The third kappa shape index (κ3) is 6.70. The molecule has 0 unspecified atom stereocenters. The highest BCUT2D eigenvalue weighted by atomic mass is 16.5. The molecule has 1 amide bonds. The van der Waals surface area contributed by atoms with Crippen molar-refractivity contribution in [3.8, 4) is 34.3 Å². The first-order chi connectivity index (χ1) is 17.1. The van der Waals surface area contributed by atoms with Crippen molar-refractivity contribution in [2.24, 2.45) is 0 Å². The third-order valence-corrected chi connectivity index (χ3v) is 5.07. The monoisotopic (exact) mass is 471 g/mol. The third-order valence-electron chi connectivity index (χ3n) is 5.07. The number of nitrogens with zero attached hydrogens (tertiary/aromatic N) is 2. The number of amides is 1. The normalized spacial score (nSPS) is 10.4. The lowest BCUT2D eigenvalue weighted by Crippen LogP contribution is -2.34. The Bertz CT molecular complexity index is 1300. The highest BCUT2D eigenvalue weighted by Gasteiger charge is 2.07. The van der Waals surface area contributed by atoms with Crippen LogP contribution in [0.25, 0.3) is 11.3 Å².